The van der Waals surface area contributed by atoms with Crippen LogP contribution in [0.25, 0.3) is 0 Å². The van der Waals surface area contributed by atoms with Gasteiger partial charge in [-0.25, -0.2) is 9.37 Å². The molecule has 1 saturated heterocycles. The van der Waals surface area contributed by atoms with Crippen LogP contribution in [-0.4, -0.2) is 51.6 Å². The Morgan fingerprint density at radius 3 is 2.64 bits per heavy atom. The molecule has 1 N–H and O–H groups in total. The highest BCUT2D eigenvalue weighted by atomic mass is 19.1. The predicted molar refractivity (Wildman–Crippen MR) is 77.9 cm³/mol. The first kappa shape index (κ1) is 15.0. The molecule has 1 aromatic heterocycles. The largest absolute Gasteiger partial charge is 0.353 e. The Morgan fingerprint density at radius 2 is 2.09 bits per heavy atom. The van der Waals surface area contributed by atoms with Gasteiger partial charge in [0.1, 0.15) is 0 Å². The predicted octanol–water partition coefficient (Wildman–Crippen LogP) is 0.891. The van der Waals surface area contributed by atoms with E-state index in [-0.39, 0.29) is 31.8 Å². The zero-order chi connectivity index (χ0) is 15.7. The van der Waals surface area contributed by atoms with Crippen molar-refractivity contribution in [2.24, 2.45) is 13.0 Å². The van der Waals surface area contributed by atoms with E-state index in [1.165, 1.54) is 0 Å². The van der Waals surface area contributed by atoms with Gasteiger partial charge in [0, 0.05) is 51.9 Å². The van der Waals surface area contributed by atoms with Gasteiger partial charge in [0.2, 0.25) is 0 Å². The number of imidazole rings is 1. The summed E-state index contributed by atoms with van der Waals surface area (Å²) in [7, 11) is 1.74. The van der Waals surface area contributed by atoms with Crippen LogP contribution in [0.3, 0.4) is 0 Å². The second-order valence-corrected chi connectivity index (χ2v) is 6.27. The minimum absolute atomic E-state index is 0.0413. The van der Waals surface area contributed by atoms with E-state index in [1.807, 2.05) is 0 Å². The van der Waals surface area contributed by atoms with Crippen molar-refractivity contribution >= 4 is 11.8 Å². The van der Waals surface area contributed by atoms with Gasteiger partial charge in [0.05, 0.1) is 0 Å². The maximum absolute atomic E-state index is 14.7. The van der Waals surface area contributed by atoms with Crippen molar-refractivity contribution in [3.63, 3.8) is 0 Å². The van der Waals surface area contributed by atoms with Crippen molar-refractivity contribution in [3.05, 3.63) is 18.2 Å². The molecule has 1 aliphatic heterocycles. The van der Waals surface area contributed by atoms with Gasteiger partial charge in [-0.3, -0.25) is 9.59 Å². The second kappa shape index (κ2) is 5.70. The van der Waals surface area contributed by atoms with Gasteiger partial charge in [0.15, 0.2) is 11.5 Å². The summed E-state index contributed by atoms with van der Waals surface area (Å²) in [5.74, 6) is 0.124. The summed E-state index contributed by atoms with van der Waals surface area (Å²) in [6, 6.07) is 0. The molecule has 120 valence electrons. The number of hydrogen-bond acceptors (Lipinski definition) is 3. The molecule has 22 heavy (non-hydrogen) atoms. The number of likely N-dealkylation sites (tertiary alicyclic amines) is 1. The van der Waals surface area contributed by atoms with E-state index in [1.54, 1.807) is 28.9 Å². The Morgan fingerprint density at radius 1 is 1.41 bits per heavy atom. The SMILES string of the molecule is Cn1ccnc1C(=O)N1CCC(F)(C(=O)NCC2CC2)CC1. The van der Waals surface area contributed by atoms with Crippen molar-refractivity contribution < 1.29 is 14.0 Å². The molecule has 1 aliphatic carbocycles. The van der Waals surface area contributed by atoms with Crippen LogP contribution in [0.2, 0.25) is 0 Å². The number of carbonyl (C=O) groups excluding carboxylic acids is 2. The van der Waals surface area contributed by atoms with Crippen molar-refractivity contribution in [3.8, 4) is 0 Å². The molecule has 2 aliphatic rings. The van der Waals surface area contributed by atoms with E-state index in [2.05, 4.69) is 10.3 Å². The lowest BCUT2D eigenvalue weighted by Crippen LogP contribution is -2.52. The number of aromatic nitrogens is 2. The third kappa shape index (κ3) is 2.98. The third-order valence-electron chi connectivity index (χ3n) is 4.51. The fourth-order valence-electron chi connectivity index (χ4n) is 2.72. The van der Waals surface area contributed by atoms with Gasteiger partial charge in [-0.2, -0.15) is 0 Å². The first-order valence-corrected chi connectivity index (χ1v) is 7.73. The van der Waals surface area contributed by atoms with E-state index in [0.717, 1.165) is 12.8 Å². The quantitative estimate of drug-likeness (QED) is 0.898. The van der Waals surface area contributed by atoms with Crippen LogP contribution in [0.1, 0.15) is 36.3 Å². The third-order valence-corrected chi connectivity index (χ3v) is 4.51. The second-order valence-electron chi connectivity index (χ2n) is 6.27. The zero-order valence-corrected chi connectivity index (χ0v) is 12.7. The van der Waals surface area contributed by atoms with Crippen molar-refractivity contribution in [2.45, 2.75) is 31.4 Å². The van der Waals surface area contributed by atoms with Crippen LogP contribution in [-0.2, 0) is 11.8 Å². The lowest BCUT2D eigenvalue weighted by molar-refractivity contribution is -0.135. The lowest BCUT2D eigenvalue weighted by atomic mass is 9.92. The molecule has 1 saturated carbocycles. The van der Waals surface area contributed by atoms with Crippen LogP contribution in [0, 0.1) is 5.92 Å². The van der Waals surface area contributed by atoms with Crippen LogP contribution in [0.15, 0.2) is 12.4 Å². The molecule has 2 amide bonds. The fraction of sp³-hybridized carbons (Fsp3) is 0.667. The van der Waals surface area contributed by atoms with Gasteiger partial charge >= 0.3 is 0 Å². The monoisotopic (exact) mass is 308 g/mol. The molecule has 7 heteroatoms. The summed E-state index contributed by atoms with van der Waals surface area (Å²) in [5.41, 5.74) is -1.85. The minimum atomic E-state index is -1.85. The highest BCUT2D eigenvalue weighted by Crippen LogP contribution is 2.30. The lowest BCUT2D eigenvalue weighted by Gasteiger charge is -2.35. The topological polar surface area (TPSA) is 67.2 Å². The van der Waals surface area contributed by atoms with E-state index < -0.39 is 11.6 Å². The normalized spacial score (nSPS) is 20.7. The van der Waals surface area contributed by atoms with Gasteiger partial charge < -0.3 is 14.8 Å². The number of halogens is 1. The van der Waals surface area contributed by atoms with Crippen LogP contribution >= 0.6 is 0 Å². The maximum Gasteiger partial charge on any atom is 0.289 e. The summed E-state index contributed by atoms with van der Waals surface area (Å²) < 4.78 is 16.4. The molecule has 0 radical (unpaired) electrons. The molecule has 0 bridgehead atoms. The summed E-state index contributed by atoms with van der Waals surface area (Å²) in [6.45, 7) is 1.04. The number of rotatable bonds is 4. The van der Waals surface area contributed by atoms with Gasteiger partial charge in [-0.05, 0) is 18.8 Å². The first-order chi connectivity index (χ1) is 10.5. The number of aryl methyl sites for hydroxylation is 1. The molecular formula is C15H21FN4O2. The van der Waals surface area contributed by atoms with Crippen molar-refractivity contribution in [2.75, 3.05) is 19.6 Å². The van der Waals surface area contributed by atoms with Crippen LogP contribution < -0.4 is 5.32 Å². The Kier molecular flexibility index (Phi) is 3.88. The van der Waals surface area contributed by atoms with E-state index in [0.29, 0.717) is 18.3 Å². The number of piperidine rings is 1. The molecule has 3 rings (SSSR count). The Labute approximate surface area is 128 Å². The molecule has 1 aromatic rings. The Balaban J connectivity index is 1.55. The number of amides is 2. The standard InChI is InChI=1S/C15H21FN4O2/c1-19-9-6-17-12(19)13(21)20-7-4-15(16,5-8-20)14(22)18-10-11-2-3-11/h6,9,11H,2-5,7-8,10H2,1H3,(H,18,22). The molecule has 0 aromatic carbocycles. The Bertz CT molecular complexity index is 574. The van der Waals surface area contributed by atoms with E-state index in [4.69, 9.17) is 0 Å². The molecule has 2 fully saturated rings. The molecule has 2 heterocycles. The summed E-state index contributed by atoms with van der Waals surface area (Å²) in [6.07, 6.45) is 5.57. The smallest absolute Gasteiger partial charge is 0.289 e. The molecule has 6 nitrogen and oxygen atoms in total. The molecular weight excluding hydrogens is 287 g/mol. The number of nitrogens with one attached hydrogen (secondary N) is 1. The van der Waals surface area contributed by atoms with Gasteiger partial charge in [0.25, 0.3) is 11.8 Å². The van der Waals surface area contributed by atoms with Gasteiger partial charge in [-0.15, -0.1) is 0 Å². The van der Waals surface area contributed by atoms with Gasteiger partial charge in [-0.1, -0.05) is 0 Å². The van der Waals surface area contributed by atoms with Crippen LogP contribution in [0.5, 0.6) is 0 Å². The maximum atomic E-state index is 14.7. The van der Waals surface area contributed by atoms with Crippen LogP contribution in [0.4, 0.5) is 4.39 Å². The fourth-order valence-corrected chi connectivity index (χ4v) is 2.72. The van der Waals surface area contributed by atoms with E-state index >= 15 is 0 Å². The van der Waals surface area contributed by atoms with Crippen molar-refractivity contribution in [1.29, 1.82) is 0 Å². The zero-order valence-electron chi connectivity index (χ0n) is 12.7. The number of carbonyl (C=O) groups is 2. The average Bonchev–Trinajstić information content (AvgIpc) is 3.25. The molecule has 0 unspecified atom stereocenters. The average molecular weight is 308 g/mol. The number of alkyl halides is 1. The summed E-state index contributed by atoms with van der Waals surface area (Å²) >= 11 is 0. The minimum Gasteiger partial charge on any atom is -0.353 e. The summed E-state index contributed by atoms with van der Waals surface area (Å²) in [5, 5.41) is 2.70. The highest BCUT2D eigenvalue weighted by Gasteiger charge is 2.43. The van der Waals surface area contributed by atoms with Crippen molar-refractivity contribution in [1.82, 2.24) is 19.8 Å². The Hall–Kier alpha value is -1.92. The highest BCUT2D eigenvalue weighted by molar-refractivity contribution is 5.91. The number of nitrogens with zero attached hydrogens (tertiary/aromatic N) is 3. The first-order valence-electron chi connectivity index (χ1n) is 7.73. The van der Waals surface area contributed by atoms with E-state index in [9.17, 15) is 14.0 Å². The molecule has 0 atom stereocenters. The molecule has 0 spiro atoms. The number of hydrogen-bond donors (Lipinski definition) is 1. The summed E-state index contributed by atoms with van der Waals surface area (Å²) in [4.78, 5) is 29.9.